The molecule has 0 bridgehead atoms. The predicted octanol–water partition coefficient (Wildman–Crippen LogP) is 0.662. The molecule has 3 heterocycles. The number of carbonyl (C=O) groups excluding carboxylic acids is 4. The van der Waals surface area contributed by atoms with Gasteiger partial charge in [-0.15, -0.1) is 0 Å². The number of amides is 4. The molecule has 4 aliphatic rings. The van der Waals surface area contributed by atoms with Crippen LogP contribution in [0.3, 0.4) is 0 Å². The zero-order chi connectivity index (χ0) is 21.0. The van der Waals surface area contributed by atoms with Crippen LogP contribution in [-0.4, -0.2) is 65.6 Å². The lowest BCUT2D eigenvalue weighted by molar-refractivity contribution is -0.136. The van der Waals surface area contributed by atoms with Gasteiger partial charge in [-0.2, -0.15) is 0 Å². The molecule has 2 saturated heterocycles. The van der Waals surface area contributed by atoms with Crippen molar-refractivity contribution < 1.29 is 19.2 Å². The standard InChI is InChI=1S/C22H26N4O4/c1-25(17-6-9-23-12-22(17)7-8-22)11-13-2-3-14-15(10-13)21(30)26(20(14)29)16-4-5-18(27)24-19(16)28/h2-3,10,16-17,23H,4-9,11-12H2,1H3,(H,24,27,28). The molecule has 2 atom stereocenters. The molecular formula is C22H26N4O4. The van der Waals surface area contributed by atoms with E-state index in [-0.39, 0.29) is 18.7 Å². The van der Waals surface area contributed by atoms with E-state index < -0.39 is 23.8 Å². The van der Waals surface area contributed by atoms with Gasteiger partial charge in [-0.3, -0.25) is 34.3 Å². The van der Waals surface area contributed by atoms with Crippen LogP contribution in [0.2, 0.25) is 0 Å². The van der Waals surface area contributed by atoms with Crippen LogP contribution < -0.4 is 10.6 Å². The third-order valence-corrected chi connectivity index (χ3v) is 7.14. The number of nitrogens with one attached hydrogen (secondary N) is 2. The SMILES string of the molecule is CN(Cc1ccc2c(c1)C(=O)N(C1CCC(=O)NC1=O)C2=O)C1CCNCC12CC2. The average molecular weight is 410 g/mol. The lowest BCUT2D eigenvalue weighted by atomic mass is 9.88. The smallest absolute Gasteiger partial charge is 0.262 e. The van der Waals surface area contributed by atoms with Crippen molar-refractivity contribution in [2.45, 2.75) is 50.7 Å². The highest BCUT2D eigenvalue weighted by Crippen LogP contribution is 2.52. The molecule has 158 valence electrons. The number of benzene rings is 1. The Morgan fingerprint density at radius 3 is 2.60 bits per heavy atom. The van der Waals surface area contributed by atoms with E-state index in [0.29, 0.717) is 29.1 Å². The summed E-state index contributed by atoms with van der Waals surface area (Å²) in [6.45, 7) is 2.80. The second kappa shape index (κ2) is 6.99. The van der Waals surface area contributed by atoms with E-state index in [9.17, 15) is 19.2 Å². The van der Waals surface area contributed by atoms with Crippen LogP contribution in [0.4, 0.5) is 0 Å². The number of piperidine rings is 2. The van der Waals surface area contributed by atoms with Crippen LogP contribution in [0, 0.1) is 5.41 Å². The molecule has 1 aromatic rings. The quantitative estimate of drug-likeness (QED) is 0.708. The summed E-state index contributed by atoms with van der Waals surface area (Å²) in [7, 11) is 2.13. The number of imide groups is 2. The Bertz CT molecular complexity index is 954. The fraction of sp³-hybridized carbons (Fsp3) is 0.545. The highest BCUT2D eigenvalue weighted by Gasteiger charge is 2.51. The topological polar surface area (TPSA) is 98.8 Å². The normalized spacial score (nSPS) is 27.6. The Hall–Kier alpha value is -2.58. The maximum atomic E-state index is 13.0. The van der Waals surface area contributed by atoms with Crippen LogP contribution in [0.5, 0.6) is 0 Å². The molecule has 2 unspecified atom stereocenters. The third kappa shape index (κ3) is 3.06. The summed E-state index contributed by atoms with van der Waals surface area (Å²) in [4.78, 5) is 52.8. The molecule has 8 heteroatoms. The monoisotopic (exact) mass is 410 g/mol. The molecule has 1 aromatic carbocycles. The van der Waals surface area contributed by atoms with Crippen LogP contribution in [-0.2, 0) is 16.1 Å². The number of hydrogen-bond acceptors (Lipinski definition) is 6. The molecule has 1 aliphatic carbocycles. The van der Waals surface area contributed by atoms with Gasteiger partial charge in [0.1, 0.15) is 6.04 Å². The Morgan fingerprint density at radius 1 is 1.10 bits per heavy atom. The number of fused-ring (bicyclic) bond motifs is 1. The predicted molar refractivity (Wildman–Crippen MR) is 108 cm³/mol. The maximum Gasteiger partial charge on any atom is 0.262 e. The van der Waals surface area contributed by atoms with Crippen molar-refractivity contribution in [2.24, 2.45) is 5.41 Å². The summed E-state index contributed by atoms with van der Waals surface area (Å²) >= 11 is 0. The second-order valence-corrected chi connectivity index (χ2v) is 9.09. The summed E-state index contributed by atoms with van der Waals surface area (Å²) < 4.78 is 0. The minimum Gasteiger partial charge on any atom is -0.316 e. The van der Waals surface area contributed by atoms with Gasteiger partial charge in [0, 0.05) is 25.6 Å². The van der Waals surface area contributed by atoms with Crippen molar-refractivity contribution in [3.05, 3.63) is 34.9 Å². The Kier molecular flexibility index (Phi) is 4.52. The van der Waals surface area contributed by atoms with Gasteiger partial charge in [0.15, 0.2) is 0 Å². The Labute approximate surface area is 175 Å². The third-order valence-electron chi connectivity index (χ3n) is 7.14. The summed E-state index contributed by atoms with van der Waals surface area (Å²) in [5.74, 6) is -1.86. The lowest BCUT2D eigenvalue weighted by Gasteiger charge is -2.39. The molecule has 8 nitrogen and oxygen atoms in total. The van der Waals surface area contributed by atoms with Gasteiger partial charge < -0.3 is 5.32 Å². The molecule has 1 saturated carbocycles. The van der Waals surface area contributed by atoms with Gasteiger partial charge in [0.25, 0.3) is 11.8 Å². The summed E-state index contributed by atoms with van der Waals surface area (Å²) in [5, 5.41) is 5.73. The number of carbonyl (C=O) groups is 4. The first kappa shape index (κ1) is 19.4. The van der Waals surface area contributed by atoms with E-state index >= 15 is 0 Å². The summed E-state index contributed by atoms with van der Waals surface area (Å²) in [5.41, 5.74) is 2.05. The van der Waals surface area contributed by atoms with Crippen LogP contribution in [0.25, 0.3) is 0 Å². The first-order valence-corrected chi connectivity index (χ1v) is 10.7. The molecule has 4 amide bonds. The van der Waals surface area contributed by atoms with E-state index in [2.05, 4.69) is 22.6 Å². The largest absolute Gasteiger partial charge is 0.316 e. The fourth-order valence-corrected chi connectivity index (χ4v) is 5.37. The molecule has 1 spiro atoms. The van der Waals surface area contributed by atoms with Crippen molar-refractivity contribution in [1.82, 2.24) is 20.4 Å². The Balaban J connectivity index is 1.35. The molecule has 0 aromatic heterocycles. The molecule has 5 rings (SSSR count). The van der Waals surface area contributed by atoms with Crippen molar-refractivity contribution in [3.63, 3.8) is 0 Å². The van der Waals surface area contributed by atoms with Gasteiger partial charge in [0.05, 0.1) is 11.1 Å². The Morgan fingerprint density at radius 2 is 1.87 bits per heavy atom. The van der Waals surface area contributed by atoms with Crippen molar-refractivity contribution in [3.8, 4) is 0 Å². The van der Waals surface area contributed by atoms with Gasteiger partial charge in [-0.05, 0) is 62.4 Å². The molecular weight excluding hydrogens is 384 g/mol. The van der Waals surface area contributed by atoms with E-state index in [1.165, 1.54) is 12.8 Å². The van der Waals surface area contributed by atoms with Crippen LogP contribution in [0.15, 0.2) is 18.2 Å². The van der Waals surface area contributed by atoms with Gasteiger partial charge in [-0.25, -0.2) is 0 Å². The molecule has 30 heavy (non-hydrogen) atoms. The summed E-state index contributed by atoms with van der Waals surface area (Å²) in [6.07, 6.45) is 3.92. The van der Waals surface area contributed by atoms with Gasteiger partial charge >= 0.3 is 0 Å². The first-order valence-electron chi connectivity index (χ1n) is 10.7. The maximum absolute atomic E-state index is 13.0. The van der Waals surface area contributed by atoms with Gasteiger partial charge in [-0.1, -0.05) is 6.07 Å². The molecule has 0 radical (unpaired) electrons. The minimum atomic E-state index is -0.925. The van der Waals surface area contributed by atoms with Crippen LogP contribution in [0.1, 0.15) is 58.4 Å². The van der Waals surface area contributed by atoms with E-state index in [1.807, 2.05) is 6.07 Å². The fourth-order valence-electron chi connectivity index (χ4n) is 5.37. The minimum absolute atomic E-state index is 0.123. The van der Waals surface area contributed by atoms with Crippen molar-refractivity contribution in [2.75, 3.05) is 20.1 Å². The molecule has 2 N–H and O–H groups in total. The highest BCUT2D eigenvalue weighted by molar-refractivity contribution is 6.23. The average Bonchev–Trinajstić information content (AvgIpc) is 3.43. The van der Waals surface area contributed by atoms with E-state index in [0.717, 1.165) is 30.0 Å². The van der Waals surface area contributed by atoms with Gasteiger partial charge in [0.2, 0.25) is 11.8 Å². The van der Waals surface area contributed by atoms with Crippen LogP contribution >= 0.6 is 0 Å². The molecule has 3 aliphatic heterocycles. The van der Waals surface area contributed by atoms with E-state index in [4.69, 9.17) is 0 Å². The number of rotatable bonds is 4. The van der Waals surface area contributed by atoms with Crippen molar-refractivity contribution in [1.29, 1.82) is 0 Å². The number of hydrogen-bond donors (Lipinski definition) is 2. The van der Waals surface area contributed by atoms with E-state index in [1.54, 1.807) is 12.1 Å². The number of nitrogens with zero attached hydrogens (tertiary/aromatic N) is 2. The molecule has 3 fully saturated rings. The second-order valence-electron chi connectivity index (χ2n) is 9.09. The highest BCUT2D eigenvalue weighted by atomic mass is 16.2. The zero-order valence-electron chi connectivity index (χ0n) is 17.1. The summed E-state index contributed by atoms with van der Waals surface area (Å²) in [6, 6.07) is 4.98. The zero-order valence-corrected chi connectivity index (χ0v) is 17.1. The lowest BCUT2D eigenvalue weighted by Crippen LogP contribution is -2.54. The first-order chi connectivity index (χ1) is 14.4. The van der Waals surface area contributed by atoms with Crippen molar-refractivity contribution >= 4 is 23.6 Å².